The van der Waals surface area contributed by atoms with E-state index in [1.165, 1.54) is 12.5 Å². The SMILES string of the molecule is CC(C)C1CCCCC1NS(=O)(=O)c1ccc(CN)o1. The van der Waals surface area contributed by atoms with E-state index in [2.05, 4.69) is 18.6 Å². The summed E-state index contributed by atoms with van der Waals surface area (Å²) in [6.07, 6.45) is 4.23. The van der Waals surface area contributed by atoms with Crippen molar-refractivity contribution in [3.63, 3.8) is 0 Å². The molecule has 1 saturated carbocycles. The molecular weight excluding hydrogens is 276 g/mol. The Balaban J connectivity index is 2.14. The van der Waals surface area contributed by atoms with E-state index in [-0.39, 0.29) is 17.7 Å². The van der Waals surface area contributed by atoms with E-state index in [4.69, 9.17) is 10.2 Å². The number of nitrogens with one attached hydrogen (secondary N) is 1. The second-order valence-corrected chi connectivity index (χ2v) is 7.49. The molecule has 5 nitrogen and oxygen atoms in total. The molecule has 1 aliphatic carbocycles. The van der Waals surface area contributed by atoms with Crippen LogP contribution in [0.25, 0.3) is 0 Å². The Labute approximate surface area is 121 Å². The van der Waals surface area contributed by atoms with E-state index >= 15 is 0 Å². The van der Waals surface area contributed by atoms with E-state index in [9.17, 15) is 8.42 Å². The molecule has 3 N–H and O–H groups in total. The van der Waals surface area contributed by atoms with Gasteiger partial charge in [-0.2, -0.15) is 0 Å². The lowest BCUT2D eigenvalue weighted by Gasteiger charge is -2.34. The van der Waals surface area contributed by atoms with Crippen LogP contribution in [0.5, 0.6) is 0 Å². The Morgan fingerprint density at radius 1 is 1.35 bits per heavy atom. The van der Waals surface area contributed by atoms with Gasteiger partial charge in [0.1, 0.15) is 5.76 Å². The summed E-state index contributed by atoms with van der Waals surface area (Å²) in [5, 5.41) is -0.0361. The van der Waals surface area contributed by atoms with Crippen LogP contribution in [-0.4, -0.2) is 14.5 Å². The molecule has 0 amide bonds. The van der Waals surface area contributed by atoms with E-state index in [1.807, 2.05) is 0 Å². The quantitative estimate of drug-likeness (QED) is 0.873. The number of nitrogens with two attached hydrogens (primary N) is 1. The molecule has 0 aliphatic heterocycles. The number of hydrogen-bond acceptors (Lipinski definition) is 4. The maximum Gasteiger partial charge on any atom is 0.274 e. The number of sulfonamides is 1. The van der Waals surface area contributed by atoms with Gasteiger partial charge < -0.3 is 10.2 Å². The zero-order valence-electron chi connectivity index (χ0n) is 12.1. The molecule has 2 rings (SSSR count). The second-order valence-electron chi connectivity index (χ2n) is 5.84. The summed E-state index contributed by atoms with van der Waals surface area (Å²) in [7, 11) is -3.59. The lowest BCUT2D eigenvalue weighted by atomic mass is 9.78. The van der Waals surface area contributed by atoms with Gasteiger partial charge in [-0.25, -0.2) is 13.1 Å². The maximum absolute atomic E-state index is 12.4. The highest BCUT2D eigenvalue weighted by atomic mass is 32.2. The normalized spacial score (nSPS) is 24.2. The number of rotatable bonds is 5. The summed E-state index contributed by atoms with van der Waals surface area (Å²) in [4.78, 5) is 0. The third-order valence-electron chi connectivity index (χ3n) is 4.09. The fourth-order valence-corrected chi connectivity index (χ4v) is 4.24. The van der Waals surface area contributed by atoms with Crippen LogP contribution in [0.2, 0.25) is 0 Å². The van der Waals surface area contributed by atoms with Gasteiger partial charge in [0.15, 0.2) is 0 Å². The Hall–Kier alpha value is -0.850. The van der Waals surface area contributed by atoms with Crippen LogP contribution >= 0.6 is 0 Å². The van der Waals surface area contributed by atoms with E-state index in [0.29, 0.717) is 17.6 Å². The first-order valence-electron chi connectivity index (χ1n) is 7.25. The molecule has 0 radical (unpaired) electrons. The Morgan fingerprint density at radius 2 is 2.05 bits per heavy atom. The van der Waals surface area contributed by atoms with Gasteiger partial charge >= 0.3 is 0 Å². The van der Waals surface area contributed by atoms with E-state index < -0.39 is 10.0 Å². The van der Waals surface area contributed by atoms with Gasteiger partial charge in [-0.15, -0.1) is 0 Å². The maximum atomic E-state index is 12.4. The molecule has 0 spiro atoms. The van der Waals surface area contributed by atoms with Crippen LogP contribution in [0, 0.1) is 11.8 Å². The second kappa shape index (κ2) is 6.28. The van der Waals surface area contributed by atoms with Crippen molar-refractivity contribution < 1.29 is 12.8 Å². The fourth-order valence-electron chi connectivity index (χ4n) is 2.97. The van der Waals surface area contributed by atoms with E-state index in [1.54, 1.807) is 6.07 Å². The van der Waals surface area contributed by atoms with Crippen LogP contribution in [0.4, 0.5) is 0 Å². The van der Waals surface area contributed by atoms with Gasteiger partial charge in [-0.05, 0) is 36.8 Å². The van der Waals surface area contributed by atoms with Crippen molar-refractivity contribution in [1.29, 1.82) is 0 Å². The van der Waals surface area contributed by atoms with Crippen molar-refractivity contribution in [2.45, 2.75) is 57.2 Å². The van der Waals surface area contributed by atoms with Crippen molar-refractivity contribution in [2.75, 3.05) is 0 Å². The van der Waals surface area contributed by atoms with Crippen LogP contribution in [0.15, 0.2) is 21.6 Å². The van der Waals surface area contributed by atoms with Crippen LogP contribution in [0.3, 0.4) is 0 Å². The molecule has 20 heavy (non-hydrogen) atoms. The third-order valence-corrected chi connectivity index (χ3v) is 5.45. The van der Waals surface area contributed by atoms with Crippen LogP contribution in [0.1, 0.15) is 45.3 Å². The molecule has 6 heteroatoms. The number of hydrogen-bond donors (Lipinski definition) is 2. The molecule has 0 aromatic carbocycles. The molecule has 2 unspecified atom stereocenters. The smallest absolute Gasteiger partial charge is 0.274 e. The molecule has 1 aliphatic rings. The van der Waals surface area contributed by atoms with Gasteiger partial charge in [-0.3, -0.25) is 0 Å². The minimum absolute atomic E-state index is 0.000163. The van der Waals surface area contributed by atoms with Crippen molar-refractivity contribution in [1.82, 2.24) is 4.72 Å². The molecular formula is C14H24N2O3S. The molecule has 2 atom stereocenters. The van der Waals surface area contributed by atoms with Crippen molar-refractivity contribution in [3.05, 3.63) is 17.9 Å². The number of furan rings is 1. The molecule has 1 heterocycles. The predicted molar refractivity (Wildman–Crippen MR) is 77.5 cm³/mol. The average Bonchev–Trinajstić information content (AvgIpc) is 2.88. The summed E-state index contributed by atoms with van der Waals surface area (Å²) >= 11 is 0. The zero-order valence-corrected chi connectivity index (χ0v) is 12.9. The Morgan fingerprint density at radius 3 is 2.65 bits per heavy atom. The third kappa shape index (κ3) is 3.42. The van der Waals surface area contributed by atoms with Crippen molar-refractivity contribution >= 4 is 10.0 Å². The lowest BCUT2D eigenvalue weighted by Crippen LogP contribution is -2.43. The average molecular weight is 300 g/mol. The predicted octanol–water partition coefficient (Wildman–Crippen LogP) is 2.23. The minimum atomic E-state index is -3.59. The molecule has 1 aromatic rings. The van der Waals surface area contributed by atoms with Crippen LogP contribution < -0.4 is 10.5 Å². The highest BCUT2D eigenvalue weighted by molar-refractivity contribution is 7.89. The summed E-state index contributed by atoms with van der Waals surface area (Å²) in [5.41, 5.74) is 5.44. The standard InChI is InChI=1S/C14H24N2O3S/c1-10(2)12-5-3-4-6-13(12)16-20(17,18)14-8-7-11(9-15)19-14/h7-8,10,12-13,16H,3-6,9,15H2,1-2H3. The van der Waals surface area contributed by atoms with Crippen molar-refractivity contribution in [3.8, 4) is 0 Å². The highest BCUT2D eigenvalue weighted by Crippen LogP contribution is 2.31. The largest absolute Gasteiger partial charge is 0.447 e. The molecule has 1 fully saturated rings. The first-order chi connectivity index (χ1) is 9.44. The monoisotopic (exact) mass is 300 g/mol. The van der Waals surface area contributed by atoms with Gasteiger partial charge in [0.05, 0.1) is 6.54 Å². The first kappa shape index (κ1) is 15.5. The van der Waals surface area contributed by atoms with Gasteiger partial charge in [0, 0.05) is 6.04 Å². The lowest BCUT2D eigenvalue weighted by molar-refractivity contribution is 0.225. The topological polar surface area (TPSA) is 85.3 Å². The fraction of sp³-hybridized carbons (Fsp3) is 0.714. The Kier molecular flexibility index (Phi) is 4.88. The van der Waals surface area contributed by atoms with Gasteiger partial charge in [0.2, 0.25) is 5.09 Å². The molecule has 0 bridgehead atoms. The molecule has 114 valence electrons. The molecule has 0 saturated heterocycles. The van der Waals surface area contributed by atoms with Crippen molar-refractivity contribution in [2.24, 2.45) is 17.6 Å². The Bertz CT molecular complexity index is 536. The van der Waals surface area contributed by atoms with Gasteiger partial charge in [0.25, 0.3) is 10.0 Å². The minimum Gasteiger partial charge on any atom is -0.447 e. The van der Waals surface area contributed by atoms with E-state index in [0.717, 1.165) is 19.3 Å². The summed E-state index contributed by atoms with van der Waals surface area (Å²) < 4.78 is 32.8. The highest BCUT2D eigenvalue weighted by Gasteiger charge is 2.32. The summed E-state index contributed by atoms with van der Waals surface area (Å²) in [5.74, 6) is 1.34. The zero-order chi connectivity index (χ0) is 14.8. The first-order valence-corrected chi connectivity index (χ1v) is 8.73. The van der Waals surface area contributed by atoms with Crippen LogP contribution in [-0.2, 0) is 16.6 Å². The summed E-state index contributed by atoms with van der Waals surface area (Å²) in [6.45, 7) is 4.50. The van der Waals surface area contributed by atoms with Gasteiger partial charge in [-0.1, -0.05) is 26.7 Å². The summed E-state index contributed by atoms with van der Waals surface area (Å²) in [6, 6.07) is 3.08. The molecule has 1 aromatic heterocycles.